The Bertz CT molecular complexity index is 2100. The number of benzene rings is 2. The maximum absolute atomic E-state index is 14.0. The highest BCUT2D eigenvalue weighted by Crippen LogP contribution is 2.37. The molecular weight excluding hydrogens is 609 g/mol. The third kappa shape index (κ3) is 5.99. The highest BCUT2D eigenvalue weighted by atomic mass is 32.1. The van der Waals surface area contributed by atoms with E-state index >= 15 is 0 Å². The first-order chi connectivity index (χ1) is 21.7. The average molecular weight is 639 g/mol. The monoisotopic (exact) mass is 638 g/mol. The zero-order valence-corrected chi connectivity index (χ0v) is 26.7. The Hall–Kier alpha value is -4.80. The zero-order chi connectivity index (χ0) is 31.7. The number of hydrogen-bond donors (Lipinski definition) is 0. The molecule has 0 radical (unpaired) electrons. The number of esters is 2. The fourth-order valence-electron chi connectivity index (χ4n) is 5.21. The number of carbonyl (C=O) groups excluding carboxylic acids is 2. The largest absolute Gasteiger partial charge is 0.463 e. The second-order valence-corrected chi connectivity index (χ2v) is 12.6. The third-order valence-electron chi connectivity index (χ3n) is 7.16. The van der Waals surface area contributed by atoms with Crippen molar-refractivity contribution in [2.75, 3.05) is 6.61 Å². The minimum absolute atomic E-state index is 0.192. The summed E-state index contributed by atoms with van der Waals surface area (Å²) >= 11 is 2.70. The minimum Gasteiger partial charge on any atom is -0.463 e. The van der Waals surface area contributed by atoms with Gasteiger partial charge in [-0.3, -0.25) is 9.36 Å². The van der Waals surface area contributed by atoms with Gasteiger partial charge in [0.15, 0.2) is 4.80 Å². The van der Waals surface area contributed by atoms with Crippen molar-refractivity contribution in [2.24, 2.45) is 4.99 Å². The van der Waals surface area contributed by atoms with Gasteiger partial charge in [0.05, 0.1) is 34.1 Å². The maximum atomic E-state index is 14.0. The van der Waals surface area contributed by atoms with Crippen molar-refractivity contribution in [1.29, 1.82) is 0 Å². The van der Waals surface area contributed by atoms with E-state index in [1.165, 1.54) is 22.7 Å². The number of rotatable bonds is 8. The molecule has 10 heteroatoms. The second-order valence-electron chi connectivity index (χ2n) is 10.6. The SMILES string of the molecule is CCOC(=O)C1=C(c2ccccc2)N=c2s/c(=C/c3ccc(-c4ccc(C(=O)OC(C)C)cc4C)o3)c(=O)n2[C@H]1c1cccs1. The highest BCUT2D eigenvalue weighted by Gasteiger charge is 2.35. The fourth-order valence-corrected chi connectivity index (χ4v) is 7.01. The molecule has 45 heavy (non-hydrogen) atoms. The first kappa shape index (κ1) is 30.2. The highest BCUT2D eigenvalue weighted by molar-refractivity contribution is 7.10. The molecule has 8 nitrogen and oxygen atoms in total. The number of hydrogen-bond acceptors (Lipinski definition) is 9. The average Bonchev–Trinajstić information content (AvgIpc) is 3.78. The molecule has 0 saturated heterocycles. The molecule has 1 aliphatic rings. The van der Waals surface area contributed by atoms with Gasteiger partial charge in [-0.05, 0) is 69.0 Å². The lowest BCUT2D eigenvalue weighted by atomic mass is 9.97. The normalized spacial score (nSPS) is 14.8. The Morgan fingerprint density at radius 2 is 1.84 bits per heavy atom. The van der Waals surface area contributed by atoms with E-state index in [9.17, 15) is 14.4 Å². The topological polar surface area (TPSA) is 100 Å². The number of fused-ring (bicyclic) bond motifs is 1. The van der Waals surface area contributed by atoms with Crippen LogP contribution in [0.3, 0.4) is 0 Å². The Labute approximate surface area is 267 Å². The standard InChI is InChI=1S/C35H30N2O6S2/c1-5-41-34(40)29-30(22-10-7-6-8-11-22)36-35-37(31(29)27-12-9-17-44-27)32(38)28(45-35)19-24-14-16-26(43-24)25-15-13-23(18-21(25)4)33(39)42-20(2)3/h6-20,31H,5H2,1-4H3/b28-19+/t31-/m0/s1. The molecule has 0 saturated carbocycles. The van der Waals surface area contributed by atoms with Crippen molar-refractivity contribution in [3.8, 4) is 11.3 Å². The number of furan rings is 1. The molecule has 228 valence electrons. The summed E-state index contributed by atoms with van der Waals surface area (Å²) in [7, 11) is 0. The number of nitrogens with zero attached hydrogens (tertiary/aromatic N) is 2. The molecule has 0 fully saturated rings. The van der Waals surface area contributed by atoms with Gasteiger partial charge in [0.2, 0.25) is 0 Å². The van der Waals surface area contributed by atoms with Crippen LogP contribution in [-0.4, -0.2) is 29.2 Å². The first-order valence-corrected chi connectivity index (χ1v) is 16.2. The van der Waals surface area contributed by atoms with E-state index in [0.717, 1.165) is 21.6 Å². The molecular formula is C35H30N2O6S2. The van der Waals surface area contributed by atoms with Crippen LogP contribution in [0, 0.1) is 6.92 Å². The summed E-state index contributed by atoms with van der Waals surface area (Å²) in [5.74, 6) is 0.195. The van der Waals surface area contributed by atoms with Gasteiger partial charge in [-0.2, -0.15) is 0 Å². The number of carbonyl (C=O) groups is 2. The zero-order valence-electron chi connectivity index (χ0n) is 25.1. The third-order valence-corrected chi connectivity index (χ3v) is 9.06. The lowest BCUT2D eigenvalue weighted by Gasteiger charge is -2.24. The van der Waals surface area contributed by atoms with Gasteiger partial charge in [0, 0.05) is 22.1 Å². The molecule has 1 atom stereocenters. The van der Waals surface area contributed by atoms with E-state index in [1.807, 2.05) is 80.7 Å². The van der Waals surface area contributed by atoms with E-state index in [-0.39, 0.29) is 24.2 Å². The van der Waals surface area contributed by atoms with Crippen molar-refractivity contribution < 1.29 is 23.5 Å². The van der Waals surface area contributed by atoms with E-state index < -0.39 is 12.0 Å². The fraction of sp³-hybridized carbons (Fsp3) is 0.200. The van der Waals surface area contributed by atoms with Gasteiger partial charge in [0.1, 0.15) is 17.6 Å². The van der Waals surface area contributed by atoms with E-state index in [2.05, 4.69) is 0 Å². The van der Waals surface area contributed by atoms with Crippen LogP contribution in [0.4, 0.5) is 0 Å². The second kappa shape index (κ2) is 12.7. The van der Waals surface area contributed by atoms with Gasteiger partial charge < -0.3 is 13.9 Å². The van der Waals surface area contributed by atoms with E-state index in [4.69, 9.17) is 18.9 Å². The minimum atomic E-state index is -0.701. The van der Waals surface area contributed by atoms with Gasteiger partial charge in [0.25, 0.3) is 5.56 Å². The van der Waals surface area contributed by atoms with Crippen LogP contribution in [0.25, 0.3) is 23.1 Å². The molecule has 1 aliphatic heterocycles. The molecule has 6 rings (SSSR count). The summed E-state index contributed by atoms with van der Waals surface area (Å²) in [6.45, 7) is 7.47. The summed E-state index contributed by atoms with van der Waals surface area (Å²) in [6.07, 6.45) is 1.48. The van der Waals surface area contributed by atoms with Crippen LogP contribution in [0.5, 0.6) is 0 Å². The van der Waals surface area contributed by atoms with Crippen LogP contribution in [0.1, 0.15) is 58.9 Å². The number of aryl methyl sites for hydroxylation is 1. The van der Waals surface area contributed by atoms with Crippen LogP contribution in [0.15, 0.2) is 98.0 Å². The molecule has 0 aliphatic carbocycles. The molecule has 4 heterocycles. The summed E-state index contributed by atoms with van der Waals surface area (Å²) in [4.78, 5) is 46.0. The van der Waals surface area contributed by atoms with Crippen molar-refractivity contribution >= 4 is 46.4 Å². The van der Waals surface area contributed by atoms with Crippen molar-refractivity contribution in [3.05, 3.63) is 131 Å². The number of thiazole rings is 1. The Kier molecular flexibility index (Phi) is 8.51. The molecule has 3 aromatic heterocycles. The number of thiophene rings is 1. The Morgan fingerprint density at radius 3 is 2.53 bits per heavy atom. The molecule has 0 spiro atoms. The van der Waals surface area contributed by atoms with E-state index in [0.29, 0.717) is 37.7 Å². The molecule has 0 unspecified atom stereocenters. The summed E-state index contributed by atoms with van der Waals surface area (Å²) in [5.41, 5.74) is 3.42. The Balaban J connectivity index is 1.44. The van der Waals surface area contributed by atoms with Crippen LogP contribution >= 0.6 is 22.7 Å². The predicted molar refractivity (Wildman–Crippen MR) is 175 cm³/mol. The van der Waals surface area contributed by atoms with Gasteiger partial charge in [-0.15, -0.1) is 11.3 Å². The lowest BCUT2D eigenvalue weighted by molar-refractivity contribution is -0.138. The van der Waals surface area contributed by atoms with Crippen LogP contribution in [0.2, 0.25) is 0 Å². The molecule has 2 aromatic carbocycles. The van der Waals surface area contributed by atoms with Crippen LogP contribution in [-0.2, 0) is 14.3 Å². The predicted octanol–water partition coefficient (Wildman–Crippen LogP) is 6.13. The quantitative estimate of drug-likeness (QED) is 0.190. The van der Waals surface area contributed by atoms with Crippen molar-refractivity contribution in [1.82, 2.24) is 4.57 Å². The van der Waals surface area contributed by atoms with Crippen molar-refractivity contribution in [2.45, 2.75) is 39.8 Å². The summed E-state index contributed by atoms with van der Waals surface area (Å²) in [5, 5.41) is 1.92. The molecule has 0 bridgehead atoms. The van der Waals surface area contributed by atoms with Gasteiger partial charge in [-0.25, -0.2) is 14.6 Å². The van der Waals surface area contributed by atoms with Crippen molar-refractivity contribution in [3.63, 3.8) is 0 Å². The smallest absolute Gasteiger partial charge is 0.338 e. The van der Waals surface area contributed by atoms with Gasteiger partial charge in [-0.1, -0.05) is 53.8 Å². The summed E-state index contributed by atoms with van der Waals surface area (Å²) in [6, 6.07) is 21.5. The first-order valence-electron chi connectivity index (χ1n) is 14.5. The molecule has 5 aromatic rings. The Morgan fingerprint density at radius 1 is 1.04 bits per heavy atom. The van der Waals surface area contributed by atoms with E-state index in [1.54, 1.807) is 35.8 Å². The lowest BCUT2D eigenvalue weighted by Crippen LogP contribution is -2.39. The summed E-state index contributed by atoms with van der Waals surface area (Å²) < 4.78 is 19.0. The molecule has 0 amide bonds. The van der Waals surface area contributed by atoms with Crippen LogP contribution < -0.4 is 14.9 Å². The maximum Gasteiger partial charge on any atom is 0.338 e. The van der Waals surface area contributed by atoms with Gasteiger partial charge >= 0.3 is 11.9 Å². The number of ether oxygens (including phenoxy) is 2. The molecule has 0 N–H and O–H groups in total. The number of aromatic nitrogens is 1.